The molecule has 2 aromatic rings. The van der Waals surface area contributed by atoms with Crippen molar-refractivity contribution in [3.05, 3.63) is 58.7 Å². The summed E-state index contributed by atoms with van der Waals surface area (Å²) in [6.07, 6.45) is 1.86. The highest BCUT2D eigenvalue weighted by Gasteiger charge is 2.42. The minimum absolute atomic E-state index is 0.0186. The number of hydrogen-bond acceptors (Lipinski definition) is 4. The molecule has 2 amide bonds. The van der Waals surface area contributed by atoms with Gasteiger partial charge in [0.15, 0.2) is 0 Å². The van der Waals surface area contributed by atoms with Crippen LogP contribution < -0.4 is 15.4 Å². The molecule has 0 unspecified atom stereocenters. The molecule has 0 bridgehead atoms. The number of rotatable bonds is 6. The smallest absolute Gasteiger partial charge is 0.232 e. The van der Waals surface area contributed by atoms with Crippen LogP contribution in [0.4, 0.5) is 5.69 Å². The van der Waals surface area contributed by atoms with Gasteiger partial charge in [0.25, 0.3) is 0 Å². The van der Waals surface area contributed by atoms with Gasteiger partial charge in [0, 0.05) is 25.4 Å². The molecule has 4 rings (SSSR count). The van der Waals surface area contributed by atoms with Gasteiger partial charge in [-0.15, -0.1) is 0 Å². The highest BCUT2D eigenvalue weighted by atomic mass is 16.5. The molecule has 164 valence electrons. The summed E-state index contributed by atoms with van der Waals surface area (Å²) in [6.45, 7) is 5.69. The van der Waals surface area contributed by atoms with Crippen LogP contribution in [0, 0.1) is 13.8 Å². The van der Waals surface area contributed by atoms with E-state index in [0.29, 0.717) is 39.0 Å². The number of carbonyl (C=O) groups is 2. The molecule has 0 aromatic heterocycles. The van der Waals surface area contributed by atoms with Gasteiger partial charge in [-0.05, 0) is 62.4 Å². The standard InChI is InChI=1S/C25H30N2O4/c1-16-12-17(2)14-18(13-16)25(7-10-31-11-8-25)24(29)26-9-6-20-21-15-19(30-3)4-5-22(21)27-23(20)28/h4-5,12-15,20H,6-11H2,1-3H3,(H,26,29)(H,27,28)/t20-/m0/s1. The van der Waals surface area contributed by atoms with Crippen molar-refractivity contribution in [2.75, 3.05) is 32.2 Å². The normalized spacial score (nSPS) is 19.5. The Bertz CT molecular complexity index is 975. The predicted molar refractivity (Wildman–Crippen MR) is 120 cm³/mol. The van der Waals surface area contributed by atoms with Gasteiger partial charge in [-0.1, -0.05) is 29.3 Å². The minimum Gasteiger partial charge on any atom is -0.497 e. The SMILES string of the molecule is COc1ccc2c(c1)[C@H](CCNC(=O)C1(c3cc(C)cc(C)c3)CCOCC1)C(=O)N2. The zero-order valence-corrected chi connectivity index (χ0v) is 18.4. The first-order chi connectivity index (χ1) is 14.9. The zero-order valence-electron chi connectivity index (χ0n) is 18.4. The molecule has 6 heteroatoms. The van der Waals surface area contributed by atoms with Crippen molar-refractivity contribution in [3.63, 3.8) is 0 Å². The average Bonchev–Trinajstić information content (AvgIpc) is 3.07. The quantitative estimate of drug-likeness (QED) is 0.746. The van der Waals surface area contributed by atoms with Crippen LogP contribution in [0.25, 0.3) is 0 Å². The average molecular weight is 423 g/mol. The fraction of sp³-hybridized carbons (Fsp3) is 0.440. The molecule has 0 saturated carbocycles. The summed E-state index contributed by atoms with van der Waals surface area (Å²) in [7, 11) is 1.61. The Morgan fingerprint density at radius 1 is 1.16 bits per heavy atom. The third-order valence-corrected chi connectivity index (χ3v) is 6.48. The molecule has 6 nitrogen and oxygen atoms in total. The van der Waals surface area contributed by atoms with E-state index in [0.717, 1.165) is 33.7 Å². The molecule has 2 aliphatic heterocycles. The Hall–Kier alpha value is -2.86. The van der Waals surface area contributed by atoms with E-state index in [4.69, 9.17) is 9.47 Å². The molecule has 2 aromatic carbocycles. The molecule has 0 radical (unpaired) electrons. The van der Waals surface area contributed by atoms with E-state index in [1.807, 2.05) is 18.2 Å². The lowest BCUT2D eigenvalue weighted by Crippen LogP contribution is -2.48. The second kappa shape index (κ2) is 8.71. The van der Waals surface area contributed by atoms with Crippen molar-refractivity contribution in [1.82, 2.24) is 5.32 Å². The van der Waals surface area contributed by atoms with Crippen LogP contribution >= 0.6 is 0 Å². The molecule has 2 aliphatic rings. The fourth-order valence-electron chi connectivity index (χ4n) is 4.83. The van der Waals surface area contributed by atoms with Gasteiger partial charge < -0.3 is 20.1 Å². The Morgan fingerprint density at radius 3 is 2.55 bits per heavy atom. The minimum atomic E-state index is -0.589. The predicted octanol–water partition coefficient (Wildman–Crippen LogP) is 3.60. The maximum atomic E-state index is 13.5. The van der Waals surface area contributed by atoms with Crippen LogP contribution in [-0.4, -0.2) is 38.7 Å². The molecular formula is C25H30N2O4. The second-order valence-electron chi connectivity index (χ2n) is 8.61. The van der Waals surface area contributed by atoms with Gasteiger partial charge in [0.2, 0.25) is 11.8 Å². The molecule has 2 N–H and O–H groups in total. The van der Waals surface area contributed by atoms with Gasteiger partial charge in [-0.3, -0.25) is 9.59 Å². The largest absolute Gasteiger partial charge is 0.497 e. The van der Waals surface area contributed by atoms with Gasteiger partial charge in [-0.25, -0.2) is 0 Å². The highest BCUT2D eigenvalue weighted by molar-refractivity contribution is 6.03. The lowest BCUT2D eigenvalue weighted by Gasteiger charge is -2.36. The molecular weight excluding hydrogens is 392 g/mol. The van der Waals surface area contributed by atoms with E-state index in [9.17, 15) is 9.59 Å². The Morgan fingerprint density at radius 2 is 1.87 bits per heavy atom. The van der Waals surface area contributed by atoms with E-state index in [1.165, 1.54) is 0 Å². The molecule has 0 spiro atoms. The number of hydrogen-bond donors (Lipinski definition) is 2. The number of benzene rings is 2. The van der Waals surface area contributed by atoms with Crippen LogP contribution in [0.15, 0.2) is 36.4 Å². The first-order valence-corrected chi connectivity index (χ1v) is 10.9. The third-order valence-electron chi connectivity index (χ3n) is 6.48. The Kier molecular flexibility index (Phi) is 6.01. The summed E-state index contributed by atoms with van der Waals surface area (Å²) in [4.78, 5) is 25.9. The number of ether oxygens (including phenoxy) is 2. The Labute approximate surface area is 183 Å². The Balaban J connectivity index is 1.49. The molecule has 31 heavy (non-hydrogen) atoms. The molecule has 0 aliphatic carbocycles. The first-order valence-electron chi connectivity index (χ1n) is 10.9. The molecule has 1 atom stereocenters. The number of amides is 2. The third kappa shape index (κ3) is 4.17. The van der Waals surface area contributed by atoms with E-state index in [-0.39, 0.29) is 17.7 Å². The number of aryl methyl sites for hydroxylation is 2. The number of anilines is 1. The summed E-state index contributed by atoms with van der Waals surface area (Å²) < 4.78 is 10.9. The van der Waals surface area contributed by atoms with Gasteiger partial charge in [-0.2, -0.15) is 0 Å². The van der Waals surface area contributed by atoms with Crippen LogP contribution in [0.3, 0.4) is 0 Å². The van der Waals surface area contributed by atoms with Crippen molar-refractivity contribution in [2.24, 2.45) is 0 Å². The molecule has 1 saturated heterocycles. The van der Waals surface area contributed by atoms with Crippen LogP contribution in [0.1, 0.15) is 47.4 Å². The van der Waals surface area contributed by atoms with Gasteiger partial charge in [0.1, 0.15) is 5.75 Å². The van der Waals surface area contributed by atoms with Crippen molar-refractivity contribution in [1.29, 1.82) is 0 Å². The maximum absolute atomic E-state index is 13.5. The summed E-state index contributed by atoms with van der Waals surface area (Å²) >= 11 is 0. The van der Waals surface area contributed by atoms with E-state index in [2.05, 4.69) is 42.7 Å². The van der Waals surface area contributed by atoms with Gasteiger partial charge in [0.05, 0.1) is 18.4 Å². The highest BCUT2D eigenvalue weighted by Crippen LogP contribution is 2.38. The summed E-state index contributed by atoms with van der Waals surface area (Å²) in [5.74, 6) is 0.412. The molecule has 2 heterocycles. The number of methoxy groups -OCH3 is 1. The maximum Gasteiger partial charge on any atom is 0.232 e. The van der Waals surface area contributed by atoms with Crippen LogP contribution in [0.5, 0.6) is 5.75 Å². The number of carbonyl (C=O) groups excluding carboxylic acids is 2. The van der Waals surface area contributed by atoms with Crippen molar-refractivity contribution < 1.29 is 19.1 Å². The van der Waals surface area contributed by atoms with Crippen molar-refractivity contribution >= 4 is 17.5 Å². The topological polar surface area (TPSA) is 76.7 Å². The number of nitrogens with one attached hydrogen (secondary N) is 2. The van der Waals surface area contributed by atoms with Crippen molar-refractivity contribution in [3.8, 4) is 5.75 Å². The summed E-state index contributed by atoms with van der Waals surface area (Å²) in [6, 6.07) is 12.0. The van der Waals surface area contributed by atoms with Crippen LogP contribution in [-0.2, 0) is 19.7 Å². The first kappa shape index (κ1) is 21.4. The van der Waals surface area contributed by atoms with E-state index in [1.54, 1.807) is 7.11 Å². The van der Waals surface area contributed by atoms with Gasteiger partial charge >= 0.3 is 0 Å². The van der Waals surface area contributed by atoms with Crippen LogP contribution in [0.2, 0.25) is 0 Å². The summed E-state index contributed by atoms with van der Waals surface area (Å²) in [5, 5.41) is 6.05. The van der Waals surface area contributed by atoms with Crippen molar-refractivity contribution in [2.45, 2.75) is 44.4 Å². The lowest BCUT2D eigenvalue weighted by molar-refractivity contribution is -0.130. The lowest BCUT2D eigenvalue weighted by atomic mass is 9.72. The number of fused-ring (bicyclic) bond motifs is 1. The summed E-state index contributed by atoms with van der Waals surface area (Å²) in [5.41, 5.74) is 4.52. The zero-order chi connectivity index (χ0) is 22.0. The van der Waals surface area contributed by atoms with E-state index < -0.39 is 5.41 Å². The molecule has 1 fully saturated rings. The fourth-order valence-corrected chi connectivity index (χ4v) is 4.83. The monoisotopic (exact) mass is 422 g/mol. The second-order valence-corrected chi connectivity index (χ2v) is 8.61. The van der Waals surface area contributed by atoms with E-state index >= 15 is 0 Å².